The SMILES string of the molecule is Cc1ccc(OCCCN2C(=O)C3(OCCCO3)c3ccccc32)cc1. The van der Waals surface area contributed by atoms with Crippen molar-refractivity contribution in [1.82, 2.24) is 0 Å². The van der Waals surface area contributed by atoms with Crippen molar-refractivity contribution in [1.29, 1.82) is 0 Å². The summed E-state index contributed by atoms with van der Waals surface area (Å²) < 4.78 is 17.5. The molecule has 5 heteroatoms. The molecule has 2 heterocycles. The average molecular weight is 353 g/mol. The van der Waals surface area contributed by atoms with Crippen LogP contribution in [0, 0.1) is 6.92 Å². The van der Waals surface area contributed by atoms with Gasteiger partial charge in [-0.3, -0.25) is 4.79 Å². The van der Waals surface area contributed by atoms with Crippen molar-refractivity contribution < 1.29 is 19.0 Å². The Labute approximate surface area is 153 Å². The van der Waals surface area contributed by atoms with Crippen LogP contribution in [0.4, 0.5) is 5.69 Å². The number of aryl methyl sites for hydroxylation is 1. The summed E-state index contributed by atoms with van der Waals surface area (Å²) in [5.41, 5.74) is 2.88. The van der Waals surface area contributed by atoms with E-state index in [9.17, 15) is 4.79 Å². The molecule has 2 aromatic carbocycles. The van der Waals surface area contributed by atoms with Gasteiger partial charge in [0.2, 0.25) is 0 Å². The van der Waals surface area contributed by atoms with Crippen molar-refractivity contribution in [3.8, 4) is 5.75 Å². The molecule has 1 saturated heterocycles. The number of benzene rings is 2. The number of carbonyl (C=O) groups excluding carboxylic acids is 1. The Morgan fingerprint density at radius 1 is 1.08 bits per heavy atom. The fourth-order valence-corrected chi connectivity index (χ4v) is 3.47. The second kappa shape index (κ2) is 7.09. The third-order valence-corrected chi connectivity index (χ3v) is 4.79. The van der Waals surface area contributed by atoms with Gasteiger partial charge in [0, 0.05) is 12.1 Å². The van der Waals surface area contributed by atoms with Crippen molar-refractivity contribution in [3.63, 3.8) is 0 Å². The minimum absolute atomic E-state index is 0.131. The van der Waals surface area contributed by atoms with E-state index in [-0.39, 0.29) is 5.91 Å². The van der Waals surface area contributed by atoms with E-state index in [1.54, 1.807) is 4.90 Å². The van der Waals surface area contributed by atoms with Gasteiger partial charge in [0.25, 0.3) is 11.7 Å². The Morgan fingerprint density at radius 3 is 2.58 bits per heavy atom. The first kappa shape index (κ1) is 17.1. The molecular formula is C21H23NO4. The molecule has 2 aliphatic heterocycles. The van der Waals surface area contributed by atoms with Gasteiger partial charge in [-0.25, -0.2) is 0 Å². The largest absolute Gasteiger partial charge is 0.494 e. The van der Waals surface area contributed by atoms with Gasteiger partial charge in [0.1, 0.15) is 5.75 Å². The number of nitrogens with zero attached hydrogens (tertiary/aromatic N) is 1. The quantitative estimate of drug-likeness (QED) is 0.773. The zero-order valence-electron chi connectivity index (χ0n) is 14.9. The molecule has 0 radical (unpaired) electrons. The van der Waals surface area contributed by atoms with Crippen LogP contribution in [0.1, 0.15) is 24.0 Å². The fraction of sp³-hybridized carbons (Fsp3) is 0.381. The Morgan fingerprint density at radius 2 is 1.81 bits per heavy atom. The van der Waals surface area contributed by atoms with Crippen LogP contribution in [0.2, 0.25) is 0 Å². The molecule has 4 rings (SSSR count). The van der Waals surface area contributed by atoms with Crippen LogP contribution in [0.3, 0.4) is 0 Å². The lowest BCUT2D eigenvalue weighted by Crippen LogP contribution is -2.47. The lowest BCUT2D eigenvalue weighted by molar-refractivity contribution is -0.256. The molecule has 1 amide bonds. The van der Waals surface area contributed by atoms with Crippen LogP contribution >= 0.6 is 0 Å². The second-order valence-corrected chi connectivity index (χ2v) is 6.66. The predicted octanol–water partition coefficient (Wildman–Crippen LogP) is 3.40. The van der Waals surface area contributed by atoms with Gasteiger partial charge in [-0.15, -0.1) is 0 Å². The van der Waals surface area contributed by atoms with Gasteiger partial charge in [0.05, 0.1) is 25.5 Å². The lowest BCUT2D eigenvalue weighted by atomic mass is 10.1. The maximum absolute atomic E-state index is 13.1. The maximum Gasteiger partial charge on any atom is 0.292 e. The van der Waals surface area contributed by atoms with Gasteiger partial charge in [-0.2, -0.15) is 0 Å². The number of anilines is 1. The molecule has 5 nitrogen and oxygen atoms in total. The van der Waals surface area contributed by atoms with Gasteiger partial charge >= 0.3 is 0 Å². The highest BCUT2D eigenvalue weighted by atomic mass is 16.7. The summed E-state index contributed by atoms with van der Waals surface area (Å²) in [7, 11) is 0. The third kappa shape index (κ3) is 2.97. The first-order chi connectivity index (χ1) is 12.7. The normalized spacial score (nSPS) is 18.2. The molecule has 0 bridgehead atoms. The highest BCUT2D eigenvalue weighted by Gasteiger charge is 2.54. The number of fused-ring (bicyclic) bond motifs is 2. The zero-order valence-corrected chi connectivity index (χ0v) is 14.9. The Bertz CT molecular complexity index is 781. The fourth-order valence-electron chi connectivity index (χ4n) is 3.47. The molecular weight excluding hydrogens is 330 g/mol. The molecule has 2 aromatic rings. The van der Waals surface area contributed by atoms with Crippen LogP contribution in [-0.2, 0) is 20.1 Å². The number of carbonyl (C=O) groups is 1. The molecule has 26 heavy (non-hydrogen) atoms. The molecule has 0 aliphatic carbocycles. The van der Waals surface area contributed by atoms with E-state index >= 15 is 0 Å². The van der Waals surface area contributed by atoms with E-state index in [2.05, 4.69) is 0 Å². The summed E-state index contributed by atoms with van der Waals surface area (Å²) in [5, 5.41) is 0. The van der Waals surface area contributed by atoms with Crippen molar-refractivity contribution in [2.24, 2.45) is 0 Å². The molecule has 0 atom stereocenters. The minimum atomic E-state index is -1.26. The lowest BCUT2D eigenvalue weighted by Gasteiger charge is -2.32. The molecule has 1 fully saturated rings. The van der Waals surface area contributed by atoms with Crippen LogP contribution in [0.15, 0.2) is 48.5 Å². The zero-order chi connectivity index (χ0) is 18.0. The number of hydrogen-bond acceptors (Lipinski definition) is 4. The molecule has 0 N–H and O–H groups in total. The van der Waals surface area contributed by atoms with Gasteiger partial charge in [0.15, 0.2) is 0 Å². The Kier molecular flexibility index (Phi) is 4.66. The standard InChI is InChI=1S/C21H23NO4/c1-16-8-10-17(11-9-16)24-13-4-12-22-19-7-3-2-6-18(19)21(20(22)23)25-14-5-15-26-21/h2-3,6-11H,4-5,12-15H2,1H3. The number of ether oxygens (including phenoxy) is 3. The van der Waals surface area contributed by atoms with E-state index < -0.39 is 5.79 Å². The van der Waals surface area contributed by atoms with E-state index in [0.29, 0.717) is 26.4 Å². The number of hydrogen-bond donors (Lipinski definition) is 0. The topological polar surface area (TPSA) is 48.0 Å². The summed E-state index contributed by atoms with van der Waals surface area (Å²) in [4.78, 5) is 14.8. The van der Waals surface area contributed by atoms with Gasteiger partial charge < -0.3 is 19.1 Å². The highest BCUT2D eigenvalue weighted by molar-refractivity contribution is 6.06. The molecule has 136 valence electrons. The molecule has 0 saturated carbocycles. The molecule has 1 spiro atoms. The van der Waals surface area contributed by atoms with E-state index in [0.717, 1.165) is 29.8 Å². The number of amides is 1. The number of para-hydroxylation sites is 1. The molecule has 0 aromatic heterocycles. The van der Waals surface area contributed by atoms with Crippen molar-refractivity contribution in [3.05, 3.63) is 59.7 Å². The van der Waals surface area contributed by atoms with Crippen molar-refractivity contribution in [2.45, 2.75) is 25.6 Å². The van der Waals surface area contributed by atoms with E-state index in [1.165, 1.54) is 5.56 Å². The summed E-state index contributed by atoms with van der Waals surface area (Å²) in [6.45, 7) is 4.22. The Balaban J connectivity index is 1.43. The van der Waals surface area contributed by atoms with Crippen molar-refractivity contribution >= 4 is 11.6 Å². The van der Waals surface area contributed by atoms with Gasteiger partial charge in [-0.1, -0.05) is 35.9 Å². The van der Waals surface area contributed by atoms with Gasteiger partial charge in [-0.05, 0) is 38.0 Å². The maximum atomic E-state index is 13.1. The van der Waals surface area contributed by atoms with Crippen LogP contribution in [0.5, 0.6) is 5.75 Å². The highest BCUT2D eigenvalue weighted by Crippen LogP contribution is 2.44. The summed E-state index contributed by atoms with van der Waals surface area (Å²) in [6, 6.07) is 15.7. The molecule has 2 aliphatic rings. The second-order valence-electron chi connectivity index (χ2n) is 6.66. The molecule has 0 unspecified atom stereocenters. The number of rotatable bonds is 5. The van der Waals surface area contributed by atoms with E-state index in [1.807, 2.05) is 55.5 Å². The van der Waals surface area contributed by atoms with Crippen molar-refractivity contribution in [2.75, 3.05) is 31.3 Å². The third-order valence-electron chi connectivity index (χ3n) is 4.79. The van der Waals surface area contributed by atoms with Crippen LogP contribution < -0.4 is 9.64 Å². The van der Waals surface area contributed by atoms with E-state index in [4.69, 9.17) is 14.2 Å². The Hall–Kier alpha value is -2.37. The monoisotopic (exact) mass is 353 g/mol. The van der Waals surface area contributed by atoms with Crippen LogP contribution in [-0.4, -0.2) is 32.3 Å². The predicted molar refractivity (Wildman–Crippen MR) is 98.3 cm³/mol. The summed E-state index contributed by atoms with van der Waals surface area (Å²) in [5.74, 6) is -0.542. The summed E-state index contributed by atoms with van der Waals surface area (Å²) in [6.07, 6.45) is 1.53. The smallest absolute Gasteiger partial charge is 0.292 e. The first-order valence-corrected chi connectivity index (χ1v) is 9.09. The van der Waals surface area contributed by atoms with Crippen LogP contribution in [0.25, 0.3) is 0 Å². The summed E-state index contributed by atoms with van der Waals surface area (Å²) >= 11 is 0. The average Bonchev–Trinajstić information content (AvgIpc) is 2.90. The first-order valence-electron chi connectivity index (χ1n) is 9.09. The minimum Gasteiger partial charge on any atom is -0.494 e.